The molecule has 0 aliphatic rings. The molecule has 0 atom stereocenters. The van der Waals surface area contributed by atoms with E-state index >= 15 is 0 Å². The molecule has 0 unspecified atom stereocenters. The number of carbonyl (C=O) groups is 2. The van der Waals surface area contributed by atoms with Crippen LogP contribution < -0.4 is 10.9 Å². The molecule has 0 spiro atoms. The van der Waals surface area contributed by atoms with Gasteiger partial charge in [0.05, 0.1) is 12.7 Å². The molecule has 6 heteroatoms. The molecule has 0 saturated heterocycles. The van der Waals surface area contributed by atoms with Crippen LogP contribution in [-0.4, -0.2) is 23.6 Å². The minimum absolute atomic E-state index is 0.0279. The molecule has 6 nitrogen and oxygen atoms in total. The fraction of sp³-hybridized carbons (Fsp3) is 0.188. The third-order valence-corrected chi connectivity index (χ3v) is 3.08. The highest BCUT2D eigenvalue weighted by Gasteiger charge is 2.06. The number of esters is 1. The van der Waals surface area contributed by atoms with E-state index in [0.717, 1.165) is 5.56 Å². The van der Waals surface area contributed by atoms with Crippen molar-refractivity contribution in [2.75, 3.05) is 7.11 Å². The summed E-state index contributed by atoms with van der Waals surface area (Å²) in [6.07, 6.45) is 1.56. The number of amides is 1. The molecule has 0 aliphatic heterocycles. The molecule has 1 aromatic carbocycles. The Morgan fingerprint density at radius 3 is 2.50 bits per heavy atom. The summed E-state index contributed by atoms with van der Waals surface area (Å²) in [6, 6.07) is 11.5. The predicted octanol–water partition coefficient (Wildman–Crippen LogP) is 0.951. The molecule has 1 heterocycles. The highest BCUT2D eigenvalue weighted by atomic mass is 16.5. The minimum Gasteiger partial charge on any atom is -0.465 e. The van der Waals surface area contributed by atoms with Crippen molar-refractivity contribution in [2.24, 2.45) is 0 Å². The van der Waals surface area contributed by atoms with E-state index in [1.54, 1.807) is 42.6 Å². The number of benzene rings is 1. The first-order valence-corrected chi connectivity index (χ1v) is 6.69. The molecule has 1 N–H and O–H groups in total. The van der Waals surface area contributed by atoms with Gasteiger partial charge in [-0.3, -0.25) is 9.59 Å². The SMILES string of the molecule is COC(=O)c1ccc(CNC(=O)Cn2ccccc2=O)cc1. The zero-order valence-electron chi connectivity index (χ0n) is 12.1. The predicted molar refractivity (Wildman–Crippen MR) is 80.3 cm³/mol. The van der Waals surface area contributed by atoms with Crippen LogP contribution in [0.15, 0.2) is 53.5 Å². The van der Waals surface area contributed by atoms with Crippen molar-refractivity contribution in [3.8, 4) is 0 Å². The highest BCUT2D eigenvalue weighted by molar-refractivity contribution is 5.89. The number of methoxy groups -OCH3 is 1. The molecule has 22 heavy (non-hydrogen) atoms. The number of rotatable bonds is 5. The lowest BCUT2D eigenvalue weighted by molar-refractivity contribution is -0.121. The van der Waals surface area contributed by atoms with Crippen LogP contribution in [0.4, 0.5) is 0 Å². The first-order chi connectivity index (χ1) is 10.6. The fourth-order valence-corrected chi connectivity index (χ4v) is 1.88. The zero-order chi connectivity index (χ0) is 15.9. The number of pyridine rings is 1. The Kier molecular flexibility index (Phi) is 5.08. The molecule has 1 aromatic heterocycles. The summed E-state index contributed by atoms with van der Waals surface area (Å²) in [5, 5.41) is 2.72. The molecular weight excluding hydrogens is 284 g/mol. The Morgan fingerprint density at radius 1 is 1.14 bits per heavy atom. The van der Waals surface area contributed by atoms with E-state index in [-0.39, 0.29) is 18.0 Å². The van der Waals surface area contributed by atoms with Gasteiger partial charge in [0.1, 0.15) is 6.54 Å². The van der Waals surface area contributed by atoms with Crippen LogP contribution in [0.1, 0.15) is 15.9 Å². The van der Waals surface area contributed by atoms with Gasteiger partial charge in [-0.25, -0.2) is 4.79 Å². The summed E-state index contributed by atoms with van der Waals surface area (Å²) in [4.78, 5) is 34.6. The smallest absolute Gasteiger partial charge is 0.337 e. The Hall–Kier alpha value is -2.89. The standard InChI is InChI=1S/C16H16N2O4/c1-22-16(21)13-7-5-12(6-8-13)10-17-14(19)11-18-9-3-2-4-15(18)20/h2-9H,10-11H2,1H3,(H,17,19). The van der Waals surface area contributed by atoms with E-state index in [1.807, 2.05) is 0 Å². The molecule has 1 amide bonds. The van der Waals surface area contributed by atoms with Gasteiger partial charge in [-0.15, -0.1) is 0 Å². The van der Waals surface area contributed by atoms with Crippen LogP contribution >= 0.6 is 0 Å². The second-order valence-corrected chi connectivity index (χ2v) is 4.63. The van der Waals surface area contributed by atoms with Gasteiger partial charge in [0.2, 0.25) is 5.91 Å². The lowest BCUT2D eigenvalue weighted by Gasteiger charge is -2.07. The van der Waals surface area contributed by atoms with Crippen molar-refractivity contribution in [1.29, 1.82) is 0 Å². The summed E-state index contributed by atoms with van der Waals surface area (Å²) in [7, 11) is 1.32. The number of carbonyl (C=O) groups excluding carboxylic acids is 2. The van der Waals surface area contributed by atoms with Crippen LogP contribution in [0.2, 0.25) is 0 Å². The van der Waals surface area contributed by atoms with Crippen molar-refractivity contribution in [3.63, 3.8) is 0 Å². The largest absolute Gasteiger partial charge is 0.465 e. The van der Waals surface area contributed by atoms with Crippen molar-refractivity contribution < 1.29 is 14.3 Å². The van der Waals surface area contributed by atoms with Crippen molar-refractivity contribution in [3.05, 3.63) is 70.1 Å². The van der Waals surface area contributed by atoms with Gasteiger partial charge in [0.25, 0.3) is 5.56 Å². The van der Waals surface area contributed by atoms with E-state index in [9.17, 15) is 14.4 Å². The fourth-order valence-electron chi connectivity index (χ4n) is 1.88. The summed E-state index contributed by atoms with van der Waals surface area (Å²) in [5.74, 6) is -0.663. The molecule has 0 bridgehead atoms. The van der Waals surface area contributed by atoms with Crippen LogP contribution in [0.5, 0.6) is 0 Å². The summed E-state index contributed by atoms with van der Waals surface area (Å²) in [5.41, 5.74) is 1.08. The van der Waals surface area contributed by atoms with E-state index in [2.05, 4.69) is 10.1 Å². The maximum atomic E-state index is 11.8. The van der Waals surface area contributed by atoms with Gasteiger partial charge < -0.3 is 14.6 Å². The van der Waals surface area contributed by atoms with Gasteiger partial charge in [-0.05, 0) is 23.8 Å². The average molecular weight is 300 g/mol. The number of nitrogens with zero attached hydrogens (tertiary/aromatic N) is 1. The van der Waals surface area contributed by atoms with Crippen LogP contribution in [0.25, 0.3) is 0 Å². The van der Waals surface area contributed by atoms with Gasteiger partial charge in [-0.1, -0.05) is 18.2 Å². The van der Waals surface area contributed by atoms with Gasteiger partial charge in [0, 0.05) is 18.8 Å². The van der Waals surface area contributed by atoms with E-state index in [1.165, 1.54) is 17.7 Å². The minimum atomic E-state index is -0.404. The molecule has 0 saturated carbocycles. The van der Waals surface area contributed by atoms with Gasteiger partial charge in [0.15, 0.2) is 0 Å². The molecule has 2 rings (SSSR count). The van der Waals surface area contributed by atoms with E-state index in [4.69, 9.17) is 0 Å². The van der Waals surface area contributed by atoms with Gasteiger partial charge >= 0.3 is 5.97 Å². The van der Waals surface area contributed by atoms with Crippen LogP contribution in [0.3, 0.4) is 0 Å². The third-order valence-electron chi connectivity index (χ3n) is 3.08. The lowest BCUT2D eigenvalue weighted by Crippen LogP contribution is -2.31. The molecule has 0 radical (unpaired) electrons. The second kappa shape index (κ2) is 7.21. The Labute approximate surface area is 127 Å². The number of hydrogen-bond acceptors (Lipinski definition) is 4. The Morgan fingerprint density at radius 2 is 1.86 bits per heavy atom. The zero-order valence-corrected chi connectivity index (χ0v) is 12.1. The molecule has 114 valence electrons. The monoisotopic (exact) mass is 300 g/mol. The van der Waals surface area contributed by atoms with E-state index < -0.39 is 5.97 Å². The summed E-state index contributed by atoms with van der Waals surface area (Å²) >= 11 is 0. The maximum absolute atomic E-state index is 11.8. The molecular formula is C16H16N2O4. The van der Waals surface area contributed by atoms with Crippen LogP contribution in [0, 0.1) is 0 Å². The molecule has 2 aromatic rings. The number of ether oxygens (including phenoxy) is 1. The topological polar surface area (TPSA) is 77.4 Å². The first-order valence-electron chi connectivity index (χ1n) is 6.69. The Balaban J connectivity index is 1.90. The Bertz CT molecular complexity index is 719. The quantitative estimate of drug-likeness (QED) is 0.834. The third kappa shape index (κ3) is 4.05. The van der Waals surface area contributed by atoms with Crippen LogP contribution in [-0.2, 0) is 22.6 Å². The van der Waals surface area contributed by atoms with Gasteiger partial charge in [-0.2, -0.15) is 0 Å². The highest BCUT2D eigenvalue weighted by Crippen LogP contribution is 2.05. The number of aromatic nitrogens is 1. The molecule has 0 fully saturated rings. The maximum Gasteiger partial charge on any atom is 0.337 e. The summed E-state index contributed by atoms with van der Waals surface area (Å²) in [6.45, 7) is 0.293. The lowest BCUT2D eigenvalue weighted by atomic mass is 10.1. The van der Waals surface area contributed by atoms with Crippen molar-refractivity contribution >= 4 is 11.9 Å². The number of hydrogen-bond donors (Lipinski definition) is 1. The normalized spacial score (nSPS) is 10.0. The van der Waals surface area contributed by atoms with Crippen molar-refractivity contribution in [1.82, 2.24) is 9.88 Å². The number of nitrogens with one attached hydrogen (secondary N) is 1. The molecule has 0 aliphatic carbocycles. The first kappa shape index (κ1) is 15.5. The van der Waals surface area contributed by atoms with E-state index in [0.29, 0.717) is 12.1 Å². The second-order valence-electron chi connectivity index (χ2n) is 4.63. The summed E-state index contributed by atoms with van der Waals surface area (Å²) < 4.78 is 5.94. The average Bonchev–Trinajstić information content (AvgIpc) is 2.55. The van der Waals surface area contributed by atoms with Crippen molar-refractivity contribution in [2.45, 2.75) is 13.1 Å².